The summed E-state index contributed by atoms with van der Waals surface area (Å²) in [6, 6.07) is 4.47. The van der Waals surface area contributed by atoms with Crippen molar-refractivity contribution < 1.29 is 19.1 Å². The van der Waals surface area contributed by atoms with E-state index in [2.05, 4.69) is 5.92 Å². The minimum atomic E-state index is -0.489. The largest absolute Gasteiger partial charge is 0.427 e. The molecule has 1 aromatic carbocycles. The first-order chi connectivity index (χ1) is 7.52. The van der Waals surface area contributed by atoms with Crippen molar-refractivity contribution in [1.29, 1.82) is 0 Å². The van der Waals surface area contributed by atoms with Crippen molar-refractivity contribution in [2.24, 2.45) is 0 Å². The number of ether oxygens (including phenoxy) is 2. The summed E-state index contributed by atoms with van der Waals surface area (Å²) in [4.78, 5) is 21.5. The van der Waals surface area contributed by atoms with Gasteiger partial charge in [0.2, 0.25) is 0 Å². The molecule has 4 heteroatoms. The van der Waals surface area contributed by atoms with Gasteiger partial charge < -0.3 is 9.47 Å². The van der Waals surface area contributed by atoms with Crippen molar-refractivity contribution in [2.45, 2.75) is 13.8 Å². The van der Waals surface area contributed by atoms with Crippen molar-refractivity contribution in [2.75, 3.05) is 0 Å². The summed E-state index contributed by atoms with van der Waals surface area (Å²) in [5.74, 6) is 1.90. The SMILES string of the molecule is C#Cc1ccc(OC(C)=O)cc1OC(C)=O. The molecule has 0 saturated heterocycles. The van der Waals surface area contributed by atoms with Gasteiger partial charge in [-0.05, 0) is 12.1 Å². The Hall–Kier alpha value is -2.28. The highest BCUT2D eigenvalue weighted by atomic mass is 16.5. The summed E-state index contributed by atoms with van der Waals surface area (Å²) in [5, 5.41) is 0. The Bertz CT molecular complexity index is 468. The van der Waals surface area contributed by atoms with Crippen molar-refractivity contribution in [3.63, 3.8) is 0 Å². The first-order valence-corrected chi connectivity index (χ1v) is 4.50. The summed E-state index contributed by atoms with van der Waals surface area (Å²) < 4.78 is 9.72. The van der Waals surface area contributed by atoms with Gasteiger partial charge in [-0.2, -0.15) is 0 Å². The third-order valence-electron chi connectivity index (χ3n) is 1.62. The number of hydrogen-bond acceptors (Lipinski definition) is 4. The van der Waals surface area contributed by atoms with Crippen LogP contribution in [0.4, 0.5) is 0 Å². The van der Waals surface area contributed by atoms with E-state index in [1.807, 2.05) is 0 Å². The summed E-state index contributed by atoms with van der Waals surface area (Å²) in [5.41, 5.74) is 0.422. The fourth-order valence-electron chi connectivity index (χ4n) is 1.09. The lowest BCUT2D eigenvalue weighted by Crippen LogP contribution is -2.05. The van der Waals surface area contributed by atoms with Crippen LogP contribution in [-0.2, 0) is 9.59 Å². The fourth-order valence-corrected chi connectivity index (χ4v) is 1.09. The normalized spacial score (nSPS) is 9.06. The molecular formula is C12H10O4. The lowest BCUT2D eigenvalue weighted by Gasteiger charge is -2.07. The van der Waals surface area contributed by atoms with Gasteiger partial charge in [-0.25, -0.2) is 0 Å². The number of benzene rings is 1. The zero-order valence-corrected chi connectivity index (χ0v) is 8.94. The van der Waals surface area contributed by atoms with Crippen molar-refractivity contribution >= 4 is 11.9 Å². The Morgan fingerprint density at radius 3 is 2.31 bits per heavy atom. The molecule has 0 fully saturated rings. The molecule has 82 valence electrons. The van der Waals surface area contributed by atoms with E-state index in [0.29, 0.717) is 5.56 Å². The maximum absolute atomic E-state index is 10.8. The van der Waals surface area contributed by atoms with E-state index in [1.54, 1.807) is 0 Å². The van der Waals surface area contributed by atoms with Crippen LogP contribution in [0.15, 0.2) is 18.2 Å². The van der Waals surface area contributed by atoms with Crippen molar-refractivity contribution in [3.05, 3.63) is 23.8 Å². The monoisotopic (exact) mass is 218 g/mol. The van der Waals surface area contributed by atoms with E-state index >= 15 is 0 Å². The van der Waals surface area contributed by atoms with Gasteiger partial charge in [-0.15, -0.1) is 6.42 Å². The van der Waals surface area contributed by atoms with E-state index in [-0.39, 0.29) is 11.5 Å². The van der Waals surface area contributed by atoms with Gasteiger partial charge >= 0.3 is 11.9 Å². The van der Waals surface area contributed by atoms with Crippen LogP contribution >= 0.6 is 0 Å². The van der Waals surface area contributed by atoms with Crippen LogP contribution in [0, 0.1) is 12.3 Å². The molecule has 0 aliphatic rings. The molecule has 0 radical (unpaired) electrons. The van der Waals surface area contributed by atoms with Gasteiger partial charge in [0.1, 0.15) is 11.5 Å². The number of carbonyl (C=O) groups is 2. The molecule has 0 bridgehead atoms. The van der Waals surface area contributed by atoms with E-state index in [4.69, 9.17) is 15.9 Å². The van der Waals surface area contributed by atoms with Crippen LogP contribution in [0.1, 0.15) is 19.4 Å². The summed E-state index contributed by atoms with van der Waals surface area (Å²) in [6.45, 7) is 2.54. The molecule has 0 heterocycles. The molecule has 0 aliphatic heterocycles. The molecule has 0 saturated carbocycles. The molecule has 0 spiro atoms. The van der Waals surface area contributed by atoms with Gasteiger partial charge in [-0.1, -0.05) is 5.92 Å². The van der Waals surface area contributed by atoms with Crippen LogP contribution in [0.2, 0.25) is 0 Å². The fraction of sp³-hybridized carbons (Fsp3) is 0.167. The van der Waals surface area contributed by atoms with Crippen molar-refractivity contribution in [3.8, 4) is 23.8 Å². The maximum Gasteiger partial charge on any atom is 0.308 e. The molecule has 16 heavy (non-hydrogen) atoms. The van der Waals surface area contributed by atoms with Gasteiger partial charge in [0, 0.05) is 19.9 Å². The molecule has 0 unspecified atom stereocenters. The van der Waals surface area contributed by atoms with Crippen LogP contribution in [0.3, 0.4) is 0 Å². The third-order valence-corrected chi connectivity index (χ3v) is 1.62. The Kier molecular flexibility index (Phi) is 3.67. The van der Waals surface area contributed by atoms with Gasteiger partial charge in [-0.3, -0.25) is 9.59 Å². The molecule has 0 N–H and O–H groups in total. The third kappa shape index (κ3) is 3.14. The zero-order valence-electron chi connectivity index (χ0n) is 8.94. The Labute approximate surface area is 93.2 Å². The standard InChI is InChI=1S/C12H10O4/c1-4-10-5-6-11(15-8(2)13)7-12(10)16-9(3)14/h1,5-7H,2-3H3. The van der Waals surface area contributed by atoms with Crippen LogP contribution in [0.5, 0.6) is 11.5 Å². The Morgan fingerprint density at radius 1 is 1.19 bits per heavy atom. The molecule has 1 rings (SSSR count). The predicted octanol–water partition coefficient (Wildman–Crippen LogP) is 1.52. The van der Waals surface area contributed by atoms with E-state index < -0.39 is 11.9 Å². The van der Waals surface area contributed by atoms with Gasteiger partial charge in [0.25, 0.3) is 0 Å². The number of esters is 2. The van der Waals surface area contributed by atoms with Crippen LogP contribution in [-0.4, -0.2) is 11.9 Å². The number of terminal acetylenes is 1. The zero-order chi connectivity index (χ0) is 12.1. The molecule has 4 nitrogen and oxygen atoms in total. The summed E-state index contributed by atoms with van der Waals surface area (Å²) in [6.07, 6.45) is 5.23. The highest BCUT2D eigenvalue weighted by molar-refractivity contribution is 5.72. The quantitative estimate of drug-likeness (QED) is 0.429. The average molecular weight is 218 g/mol. The van der Waals surface area contributed by atoms with E-state index in [0.717, 1.165) is 0 Å². The second kappa shape index (κ2) is 4.99. The minimum Gasteiger partial charge on any atom is -0.427 e. The Balaban J connectivity index is 3.06. The second-order valence-corrected chi connectivity index (χ2v) is 2.99. The molecule has 0 amide bonds. The second-order valence-electron chi connectivity index (χ2n) is 2.99. The van der Waals surface area contributed by atoms with Crippen LogP contribution in [0.25, 0.3) is 0 Å². The number of rotatable bonds is 2. The smallest absolute Gasteiger partial charge is 0.308 e. The lowest BCUT2D eigenvalue weighted by atomic mass is 10.2. The van der Waals surface area contributed by atoms with Gasteiger partial charge in [0.15, 0.2) is 0 Å². The van der Waals surface area contributed by atoms with Gasteiger partial charge in [0.05, 0.1) is 5.56 Å². The molecule has 0 aliphatic carbocycles. The maximum atomic E-state index is 10.8. The molecular weight excluding hydrogens is 208 g/mol. The van der Waals surface area contributed by atoms with E-state index in [1.165, 1.54) is 32.0 Å². The number of hydrogen-bond donors (Lipinski definition) is 0. The summed E-state index contributed by atoms with van der Waals surface area (Å²) >= 11 is 0. The highest BCUT2D eigenvalue weighted by Gasteiger charge is 2.07. The average Bonchev–Trinajstić information content (AvgIpc) is 2.16. The molecule has 0 atom stereocenters. The minimum absolute atomic E-state index is 0.203. The Morgan fingerprint density at radius 2 is 1.81 bits per heavy atom. The summed E-state index contributed by atoms with van der Waals surface area (Å²) in [7, 11) is 0. The number of carbonyl (C=O) groups excluding carboxylic acids is 2. The lowest BCUT2D eigenvalue weighted by molar-refractivity contribution is -0.132. The van der Waals surface area contributed by atoms with Crippen LogP contribution < -0.4 is 9.47 Å². The first-order valence-electron chi connectivity index (χ1n) is 4.50. The van der Waals surface area contributed by atoms with Crippen molar-refractivity contribution in [1.82, 2.24) is 0 Å². The highest BCUT2D eigenvalue weighted by Crippen LogP contribution is 2.24. The topological polar surface area (TPSA) is 52.6 Å². The molecule has 1 aromatic rings. The van der Waals surface area contributed by atoms with E-state index in [9.17, 15) is 9.59 Å². The molecule has 0 aromatic heterocycles. The first kappa shape index (κ1) is 11.8. The predicted molar refractivity (Wildman–Crippen MR) is 57.0 cm³/mol.